The summed E-state index contributed by atoms with van der Waals surface area (Å²) in [6, 6.07) is 13.8. The van der Waals surface area contributed by atoms with Gasteiger partial charge in [0, 0.05) is 0 Å². The molecule has 0 aromatic heterocycles. The fraction of sp³-hybridized carbons (Fsp3) is 0.455. The van der Waals surface area contributed by atoms with Crippen LogP contribution in [0.1, 0.15) is 63.3 Å². The minimum absolute atomic E-state index is 0.215. The average Bonchev–Trinajstić information content (AvgIpc) is 2.47. The van der Waals surface area contributed by atoms with Crippen LogP contribution in [0.25, 0.3) is 11.1 Å². The second kappa shape index (κ2) is 6.69. The number of rotatable bonds is 4. The molecule has 2 aromatic carbocycles. The van der Waals surface area contributed by atoms with Gasteiger partial charge in [-0.25, -0.2) is 0 Å². The van der Waals surface area contributed by atoms with Crippen LogP contribution in [0.2, 0.25) is 0 Å². The van der Waals surface area contributed by atoms with Crippen LogP contribution in [0, 0.1) is 6.92 Å². The van der Waals surface area contributed by atoms with Crippen molar-refractivity contribution in [1.29, 1.82) is 0 Å². The first-order chi connectivity index (χ1) is 10.4. The zero-order valence-corrected chi connectivity index (χ0v) is 15.1. The van der Waals surface area contributed by atoms with E-state index in [0.29, 0.717) is 0 Å². The van der Waals surface area contributed by atoms with Crippen molar-refractivity contribution in [2.45, 2.75) is 66.2 Å². The summed E-state index contributed by atoms with van der Waals surface area (Å²) in [6.45, 7) is 13.6. The fourth-order valence-corrected chi connectivity index (χ4v) is 3.26. The topological polar surface area (TPSA) is 0 Å². The molecule has 0 heterocycles. The molecule has 0 atom stereocenters. The maximum atomic E-state index is 2.31. The van der Waals surface area contributed by atoms with E-state index in [1.807, 2.05) is 0 Å². The first-order valence-electron chi connectivity index (χ1n) is 8.60. The summed E-state index contributed by atoms with van der Waals surface area (Å²) in [5, 5.41) is 0. The number of hydrogen-bond acceptors (Lipinski definition) is 0. The average molecular weight is 294 g/mol. The summed E-state index contributed by atoms with van der Waals surface area (Å²) in [6.07, 6.45) is 3.49. The van der Waals surface area contributed by atoms with Crippen molar-refractivity contribution in [2.75, 3.05) is 0 Å². The monoisotopic (exact) mass is 294 g/mol. The van der Waals surface area contributed by atoms with Gasteiger partial charge in [0.15, 0.2) is 0 Å². The summed E-state index contributed by atoms with van der Waals surface area (Å²) < 4.78 is 0. The van der Waals surface area contributed by atoms with Crippen LogP contribution in [0.3, 0.4) is 0 Å². The standard InChI is InChI=1S/C22H30/c1-7-9-21-19(8-2)16(3)10-15-20(21)17-11-13-18(14-12-17)22(4,5)6/h10-15H,7-9H2,1-6H3. The van der Waals surface area contributed by atoms with Gasteiger partial charge in [-0.2, -0.15) is 0 Å². The van der Waals surface area contributed by atoms with Crippen molar-refractivity contribution in [2.24, 2.45) is 0 Å². The van der Waals surface area contributed by atoms with Crippen LogP contribution in [-0.4, -0.2) is 0 Å². The third-order valence-electron chi connectivity index (χ3n) is 4.58. The molecule has 0 heteroatoms. The van der Waals surface area contributed by atoms with E-state index in [2.05, 4.69) is 77.9 Å². The molecule has 0 unspecified atom stereocenters. The van der Waals surface area contributed by atoms with E-state index in [-0.39, 0.29) is 5.41 Å². The van der Waals surface area contributed by atoms with Gasteiger partial charge in [0.25, 0.3) is 0 Å². The number of benzene rings is 2. The second-order valence-corrected chi connectivity index (χ2v) is 7.32. The van der Waals surface area contributed by atoms with Gasteiger partial charge in [-0.1, -0.05) is 77.4 Å². The minimum atomic E-state index is 0.215. The van der Waals surface area contributed by atoms with E-state index in [1.54, 1.807) is 11.1 Å². The van der Waals surface area contributed by atoms with Gasteiger partial charge in [-0.15, -0.1) is 0 Å². The largest absolute Gasteiger partial charge is 0.0651 e. The van der Waals surface area contributed by atoms with Crippen LogP contribution in [0.15, 0.2) is 36.4 Å². The third-order valence-corrected chi connectivity index (χ3v) is 4.58. The molecule has 0 saturated heterocycles. The molecule has 22 heavy (non-hydrogen) atoms. The lowest BCUT2D eigenvalue weighted by Crippen LogP contribution is -2.10. The van der Waals surface area contributed by atoms with Crippen molar-refractivity contribution in [3.63, 3.8) is 0 Å². The summed E-state index contributed by atoms with van der Waals surface area (Å²) in [4.78, 5) is 0. The Labute approximate surface area is 136 Å². The van der Waals surface area contributed by atoms with Gasteiger partial charge in [0.05, 0.1) is 0 Å². The molecule has 0 N–H and O–H groups in total. The van der Waals surface area contributed by atoms with Gasteiger partial charge in [0.2, 0.25) is 0 Å². The quantitative estimate of drug-likeness (QED) is 0.606. The molecule has 0 aliphatic rings. The van der Waals surface area contributed by atoms with Crippen LogP contribution in [0.4, 0.5) is 0 Å². The maximum absolute atomic E-state index is 2.31. The zero-order chi connectivity index (χ0) is 16.3. The third kappa shape index (κ3) is 3.43. The Hall–Kier alpha value is -1.56. The summed E-state index contributed by atoms with van der Waals surface area (Å²) >= 11 is 0. The molecule has 0 aliphatic carbocycles. The van der Waals surface area contributed by atoms with E-state index in [9.17, 15) is 0 Å². The lowest BCUT2D eigenvalue weighted by atomic mass is 9.84. The smallest absolute Gasteiger partial charge is 0.0132 e. The normalized spacial score (nSPS) is 11.7. The summed E-state index contributed by atoms with van der Waals surface area (Å²) in [5.74, 6) is 0. The molecule has 0 fully saturated rings. The van der Waals surface area contributed by atoms with E-state index in [4.69, 9.17) is 0 Å². The first kappa shape index (κ1) is 16.8. The molecule has 0 spiro atoms. The van der Waals surface area contributed by atoms with Crippen molar-refractivity contribution >= 4 is 0 Å². The molecule has 118 valence electrons. The first-order valence-corrected chi connectivity index (χ1v) is 8.60. The summed E-state index contributed by atoms with van der Waals surface area (Å²) in [7, 11) is 0. The van der Waals surface area contributed by atoms with Gasteiger partial charge in [-0.3, -0.25) is 0 Å². The van der Waals surface area contributed by atoms with E-state index >= 15 is 0 Å². The van der Waals surface area contributed by atoms with Crippen LogP contribution in [-0.2, 0) is 18.3 Å². The molecule has 0 nitrogen and oxygen atoms in total. The van der Waals surface area contributed by atoms with Crippen molar-refractivity contribution in [3.8, 4) is 11.1 Å². The minimum Gasteiger partial charge on any atom is -0.0651 e. The van der Waals surface area contributed by atoms with Crippen LogP contribution >= 0.6 is 0 Å². The van der Waals surface area contributed by atoms with Crippen molar-refractivity contribution in [3.05, 3.63) is 58.7 Å². The maximum Gasteiger partial charge on any atom is -0.0132 e. The predicted molar refractivity (Wildman–Crippen MR) is 98.7 cm³/mol. The Kier molecular flexibility index (Phi) is 5.11. The lowest BCUT2D eigenvalue weighted by Gasteiger charge is -2.20. The SMILES string of the molecule is CCCc1c(-c2ccc(C(C)(C)C)cc2)ccc(C)c1CC. The Bertz CT molecular complexity index is 624. The van der Waals surface area contributed by atoms with Gasteiger partial charge in [0.1, 0.15) is 0 Å². The highest BCUT2D eigenvalue weighted by Gasteiger charge is 2.15. The lowest BCUT2D eigenvalue weighted by molar-refractivity contribution is 0.590. The highest BCUT2D eigenvalue weighted by atomic mass is 14.2. The highest BCUT2D eigenvalue weighted by molar-refractivity contribution is 5.70. The Morgan fingerprint density at radius 2 is 1.45 bits per heavy atom. The van der Waals surface area contributed by atoms with Crippen LogP contribution < -0.4 is 0 Å². The van der Waals surface area contributed by atoms with Crippen LogP contribution in [0.5, 0.6) is 0 Å². The molecular formula is C22H30. The summed E-state index contributed by atoms with van der Waals surface area (Å²) in [5.41, 5.74) is 8.91. The number of aryl methyl sites for hydroxylation is 1. The number of hydrogen-bond donors (Lipinski definition) is 0. The predicted octanol–water partition coefficient (Wildman–Crippen LogP) is 6.47. The molecule has 0 bridgehead atoms. The van der Waals surface area contributed by atoms with Crippen molar-refractivity contribution in [1.82, 2.24) is 0 Å². The van der Waals surface area contributed by atoms with Gasteiger partial charge < -0.3 is 0 Å². The molecule has 2 aromatic rings. The Morgan fingerprint density at radius 1 is 0.818 bits per heavy atom. The molecule has 0 saturated carbocycles. The Balaban J connectivity index is 2.52. The van der Waals surface area contributed by atoms with E-state index in [0.717, 1.165) is 6.42 Å². The van der Waals surface area contributed by atoms with E-state index < -0.39 is 0 Å². The highest BCUT2D eigenvalue weighted by Crippen LogP contribution is 2.32. The van der Waals surface area contributed by atoms with Gasteiger partial charge in [-0.05, 0) is 58.6 Å². The van der Waals surface area contributed by atoms with Crippen molar-refractivity contribution < 1.29 is 0 Å². The molecule has 0 radical (unpaired) electrons. The van der Waals surface area contributed by atoms with E-state index in [1.165, 1.54) is 35.1 Å². The zero-order valence-electron chi connectivity index (χ0n) is 15.1. The molecule has 2 rings (SSSR count). The molecule has 0 amide bonds. The fourth-order valence-electron chi connectivity index (χ4n) is 3.26. The van der Waals surface area contributed by atoms with Gasteiger partial charge >= 0.3 is 0 Å². The molecule has 0 aliphatic heterocycles. The molecular weight excluding hydrogens is 264 g/mol. The Morgan fingerprint density at radius 3 is 1.95 bits per heavy atom. The second-order valence-electron chi connectivity index (χ2n) is 7.32.